The normalized spacial score (nSPS) is 22.9. The second-order valence-corrected chi connectivity index (χ2v) is 3.02. The van der Waals surface area contributed by atoms with Crippen LogP contribution in [0.25, 0.3) is 0 Å². The van der Waals surface area contributed by atoms with E-state index in [4.69, 9.17) is 4.89 Å². The summed E-state index contributed by atoms with van der Waals surface area (Å²) in [6.07, 6.45) is 1.04. The molecule has 0 amide bonds. The van der Waals surface area contributed by atoms with Crippen molar-refractivity contribution in [3.63, 3.8) is 0 Å². The predicted octanol–water partition coefficient (Wildman–Crippen LogP) is 1.53. The van der Waals surface area contributed by atoms with Crippen LogP contribution in [0.4, 0.5) is 0 Å². The molecule has 0 bridgehead atoms. The van der Waals surface area contributed by atoms with Gasteiger partial charge in [0.2, 0.25) is 0 Å². The summed E-state index contributed by atoms with van der Waals surface area (Å²) in [7, 11) is 0. The largest absolute Gasteiger partial charge is 0.233 e. The van der Waals surface area contributed by atoms with Crippen molar-refractivity contribution in [2.45, 2.75) is 20.8 Å². The molecule has 0 atom stereocenters. The van der Waals surface area contributed by atoms with E-state index in [9.17, 15) is 0 Å². The smallest absolute Gasteiger partial charge is 0.169 e. The fourth-order valence-electron chi connectivity index (χ4n) is 0.459. The zero-order valence-electron chi connectivity index (χ0n) is 5.52. The lowest BCUT2D eigenvalue weighted by atomic mass is 9.89. The summed E-state index contributed by atoms with van der Waals surface area (Å²) in [5.74, 6) is 0. The van der Waals surface area contributed by atoms with Gasteiger partial charge in [0.25, 0.3) is 0 Å². The van der Waals surface area contributed by atoms with Gasteiger partial charge < -0.3 is 0 Å². The summed E-state index contributed by atoms with van der Waals surface area (Å²) in [5, 5.41) is 0. The molecule has 2 heteroatoms. The Kier molecular flexibility index (Phi) is 1.29. The van der Waals surface area contributed by atoms with E-state index in [1.807, 2.05) is 0 Å². The summed E-state index contributed by atoms with van der Waals surface area (Å²) in [4.78, 5) is 9.24. The molecule has 0 aliphatic carbocycles. The molecule has 0 aromatic carbocycles. The van der Waals surface area contributed by atoms with E-state index in [0.717, 1.165) is 6.10 Å². The molecule has 1 rings (SSSR count). The van der Waals surface area contributed by atoms with Crippen LogP contribution in [0.3, 0.4) is 0 Å². The van der Waals surface area contributed by atoms with Crippen molar-refractivity contribution in [2.24, 2.45) is 5.41 Å². The Labute approximate surface area is 49.7 Å². The maximum absolute atomic E-state index is 4.71. The average molecular weight is 115 g/mol. The van der Waals surface area contributed by atoms with Gasteiger partial charge in [-0.1, -0.05) is 20.8 Å². The number of hydrogen-bond acceptors (Lipinski definition) is 2. The highest BCUT2D eigenvalue weighted by atomic mass is 17.2. The Morgan fingerprint density at radius 1 is 1.38 bits per heavy atom. The molecular weight excluding hydrogens is 104 g/mol. The molecule has 0 saturated carbocycles. The standard InChI is InChI=1S/C6H11O2/c1-6(2,3)5-4-7-8-5/h4H2,1-3H3. The highest BCUT2D eigenvalue weighted by Gasteiger charge is 2.34. The molecule has 0 N–H and O–H groups in total. The zero-order valence-corrected chi connectivity index (χ0v) is 5.52. The maximum Gasteiger partial charge on any atom is 0.169 e. The van der Waals surface area contributed by atoms with Gasteiger partial charge in [-0.2, -0.15) is 0 Å². The summed E-state index contributed by atoms with van der Waals surface area (Å²) >= 11 is 0. The molecule has 1 heterocycles. The lowest BCUT2D eigenvalue weighted by Crippen LogP contribution is -2.33. The Morgan fingerprint density at radius 3 is 1.88 bits per heavy atom. The first-order chi connectivity index (χ1) is 3.61. The monoisotopic (exact) mass is 115 g/mol. The van der Waals surface area contributed by atoms with Gasteiger partial charge in [0, 0.05) is 0 Å². The van der Waals surface area contributed by atoms with Crippen LogP contribution in [0.1, 0.15) is 20.8 Å². The molecule has 0 unspecified atom stereocenters. The van der Waals surface area contributed by atoms with Crippen molar-refractivity contribution in [3.05, 3.63) is 6.10 Å². The van der Waals surface area contributed by atoms with Crippen LogP contribution >= 0.6 is 0 Å². The Hall–Kier alpha value is -0.0800. The summed E-state index contributed by atoms with van der Waals surface area (Å²) < 4.78 is 0. The van der Waals surface area contributed by atoms with E-state index in [1.165, 1.54) is 0 Å². The van der Waals surface area contributed by atoms with Crippen molar-refractivity contribution in [1.82, 2.24) is 0 Å². The van der Waals surface area contributed by atoms with Gasteiger partial charge in [0.1, 0.15) is 6.61 Å². The molecule has 1 radical (unpaired) electrons. The van der Waals surface area contributed by atoms with E-state index >= 15 is 0 Å². The van der Waals surface area contributed by atoms with Crippen LogP contribution in [-0.4, -0.2) is 6.61 Å². The molecule has 8 heavy (non-hydrogen) atoms. The Morgan fingerprint density at radius 2 is 1.88 bits per heavy atom. The van der Waals surface area contributed by atoms with Gasteiger partial charge in [0.15, 0.2) is 6.10 Å². The molecule has 0 spiro atoms. The summed E-state index contributed by atoms with van der Waals surface area (Å²) in [6.45, 7) is 6.98. The Balaban J connectivity index is 2.34. The van der Waals surface area contributed by atoms with Gasteiger partial charge >= 0.3 is 0 Å². The molecule has 0 aromatic rings. The van der Waals surface area contributed by atoms with E-state index in [-0.39, 0.29) is 5.41 Å². The third kappa shape index (κ3) is 1.01. The van der Waals surface area contributed by atoms with Crippen molar-refractivity contribution in [3.8, 4) is 0 Å². The van der Waals surface area contributed by atoms with Gasteiger partial charge in [-0.05, 0) is 5.41 Å². The van der Waals surface area contributed by atoms with E-state index in [2.05, 4.69) is 25.7 Å². The number of rotatable bonds is 0. The lowest BCUT2D eigenvalue weighted by molar-refractivity contribution is -0.389. The van der Waals surface area contributed by atoms with Crippen molar-refractivity contribution in [2.75, 3.05) is 6.61 Å². The Bertz CT molecular complexity index is 79.0. The van der Waals surface area contributed by atoms with Crippen LogP contribution in [0, 0.1) is 11.5 Å². The van der Waals surface area contributed by atoms with E-state index in [0.29, 0.717) is 6.61 Å². The second-order valence-electron chi connectivity index (χ2n) is 3.02. The highest BCUT2D eigenvalue weighted by Crippen LogP contribution is 2.34. The van der Waals surface area contributed by atoms with Gasteiger partial charge in [0.05, 0.1) is 0 Å². The second kappa shape index (κ2) is 1.71. The quantitative estimate of drug-likeness (QED) is 0.446. The average Bonchev–Trinajstić information content (AvgIpc) is 1.16. The molecule has 1 aliphatic heterocycles. The third-order valence-electron chi connectivity index (χ3n) is 1.19. The van der Waals surface area contributed by atoms with E-state index in [1.54, 1.807) is 0 Å². The molecule has 2 nitrogen and oxygen atoms in total. The molecule has 1 saturated heterocycles. The van der Waals surface area contributed by atoms with Crippen LogP contribution in [0.15, 0.2) is 0 Å². The fourth-order valence-corrected chi connectivity index (χ4v) is 0.459. The maximum atomic E-state index is 4.71. The minimum absolute atomic E-state index is 0.165. The first-order valence-electron chi connectivity index (χ1n) is 2.76. The van der Waals surface area contributed by atoms with Crippen LogP contribution in [-0.2, 0) is 9.78 Å². The topological polar surface area (TPSA) is 18.5 Å². The van der Waals surface area contributed by atoms with Crippen LogP contribution in [0.5, 0.6) is 0 Å². The summed E-state index contributed by atoms with van der Waals surface area (Å²) in [5.41, 5.74) is 0.165. The van der Waals surface area contributed by atoms with Gasteiger partial charge in [-0.3, -0.25) is 0 Å². The molecular formula is C6H11O2. The first-order valence-corrected chi connectivity index (χ1v) is 2.76. The lowest BCUT2D eigenvalue weighted by Gasteiger charge is -2.33. The fraction of sp³-hybridized carbons (Fsp3) is 0.833. The van der Waals surface area contributed by atoms with Gasteiger partial charge in [-0.25, -0.2) is 9.78 Å². The minimum Gasteiger partial charge on any atom is -0.233 e. The minimum atomic E-state index is 0.165. The highest BCUT2D eigenvalue weighted by molar-refractivity contribution is 4.93. The van der Waals surface area contributed by atoms with Crippen molar-refractivity contribution in [1.29, 1.82) is 0 Å². The van der Waals surface area contributed by atoms with E-state index < -0.39 is 0 Å². The third-order valence-corrected chi connectivity index (χ3v) is 1.19. The molecule has 1 fully saturated rings. The van der Waals surface area contributed by atoms with Crippen molar-refractivity contribution < 1.29 is 9.78 Å². The van der Waals surface area contributed by atoms with Crippen LogP contribution < -0.4 is 0 Å². The zero-order chi connectivity index (χ0) is 6.20. The first kappa shape index (κ1) is 6.05. The van der Waals surface area contributed by atoms with Gasteiger partial charge in [-0.15, -0.1) is 0 Å². The SMILES string of the molecule is CC(C)(C)[C]1COO1. The molecule has 0 aromatic heterocycles. The van der Waals surface area contributed by atoms with Crippen molar-refractivity contribution >= 4 is 0 Å². The summed E-state index contributed by atoms with van der Waals surface area (Å²) in [6, 6.07) is 0. The number of hydrogen-bond donors (Lipinski definition) is 0. The molecule has 1 aliphatic rings. The predicted molar refractivity (Wildman–Crippen MR) is 29.7 cm³/mol. The molecule has 47 valence electrons. The van der Waals surface area contributed by atoms with Crippen LogP contribution in [0.2, 0.25) is 0 Å².